The summed E-state index contributed by atoms with van der Waals surface area (Å²) in [5, 5.41) is 13.3. The van der Waals surface area contributed by atoms with Gasteiger partial charge in [0, 0.05) is 32.7 Å². The van der Waals surface area contributed by atoms with Crippen LogP contribution in [0.1, 0.15) is 66.7 Å². The van der Waals surface area contributed by atoms with Crippen LogP contribution in [0.3, 0.4) is 0 Å². The Balaban J connectivity index is 1.20. The molecule has 35 heavy (non-hydrogen) atoms. The molecule has 1 aromatic heterocycles. The third kappa shape index (κ3) is 4.77. The maximum Gasteiger partial charge on any atom is 0.231 e. The fourth-order valence-corrected chi connectivity index (χ4v) is 5.72. The van der Waals surface area contributed by atoms with Gasteiger partial charge in [-0.25, -0.2) is 4.68 Å². The van der Waals surface area contributed by atoms with Crippen LogP contribution in [0.15, 0.2) is 42.5 Å². The van der Waals surface area contributed by atoms with Gasteiger partial charge in [-0.15, -0.1) is 5.10 Å². The summed E-state index contributed by atoms with van der Waals surface area (Å²) >= 11 is 0. The van der Waals surface area contributed by atoms with Gasteiger partial charge in [0.25, 0.3) is 0 Å². The first-order valence-electron chi connectivity index (χ1n) is 12.9. The van der Waals surface area contributed by atoms with Crippen LogP contribution in [0.5, 0.6) is 11.5 Å². The molecule has 184 valence electrons. The average molecular weight is 475 g/mol. The lowest BCUT2D eigenvalue weighted by Gasteiger charge is -2.39. The predicted octanol–water partition coefficient (Wildman–Crippen LogP) is 4.12. The number of aromatic nitrogens is 4. The molecular weight excluding hydrogens is 440 g/mol. The first-order valence-corrected chi connectivity index (χ1v) is 12.9. The summed E-state index contributed by atoms with van der Waals surface area (Å²) in [6.07, 6.45) is 6.18. The highest BCUT2D eigenvalue weighted by molar-refractivity contribution is 5.44. The number of tetrazole rings is 1. The Morgan fingerprint density at radius 3 is 2.49 bits per heavy atom. The molecule has 0 bridgehead atoms. The molecule has 0 N–H and O–H groups in total. The maximum absolute atomic E-state index is 5.57. The van der Waals surface area contributed by atoms with Crippen molar-refractivity contribution in [3.05, 3.63) is 65.0 Å². The van der Waals surface area contributed by atoms with Gasteiger partial charge < -0.3 is 9.47 Å². The minimum absolute atomic E-state index is 0.0696. The summed E-state index contributed by atoms with van der Waals surface area (Å²) in [7, 11) is 0. The van der Waals surface area contributed by atoms with Crippen LogP contribution in [-0.4, -0.2) is 63.0 Å². The van der Waals surface area contributed by atoms with E-state index in [0.717, 1.165) is 50.0 Å². The predicted molar refractivity (Wildman–Crippen MR) is 132 cm³/mol. The van der Waals surface area contributed by atoms with Crippen molar-refractivity contribution in [3.8, 4) is 11.5 Å². The van der Waals surface area contributed by atoms with Crippen molar-refractivity contribution in [2.24, 2.45) is 0 Å². The quantitative estimate of drug-likeness (QED) is 0.532. The summed E-state index contributed by atoms with van der Waals surface area (Å²) < 4.78 is 13.2. The van der Waals surface area contributed by atoms with E-state index in [2.05, 4.69) is 73.3 Å². The van der Waals surface area contributed by atoms with E-state index in [9.17, 15) is 0 Å². The van der Waals surface area contributed by atoms with Gasteiger partial charge in [-0.3, -0.25) is 9.80 Å². The lowest BCUT2D eigenvalue weighted by Crippen LogP contribution is -2.48. The molecular formula is C27H34N6O2. The molecule has 1 atom stereocenters. The molecule has 0 spiro atoms. The topological polar surface area (TPSA) is 68.5 Å². The summed E-state index contributed by atoms with van der Waals surface area (Å²) in [6, 6.07) is 15.7. The Hall–Kier alpha value is -2.97. The third-order valence-corrected chi connectivity index (χ3v) is 7.69. The van der Waals surface area contributed by atoms with Crippen LogP contribution in [-0.2, 0) is 6.54 Å². The lowest BCUT2D eigenvalue weighted by molar-refractivity contribution is 0.0986. The zero-order chi connectivity index (χ0) is 23.6. The third-order valence-electron chi connectivity index (χ3n) is 7.69. The van der Waals surface area contributed by atoms with Crippen molar-refractivity contribution in [2.75, 3.05) is 33.0 Å². The molecule has 0 amide bonds. The van der Waals surface area contributed by atoms with Crippen molar-refractivity contribution >= 4 is 0 Å². The highest BCUT2D eigenvalue weighted by Crippen LogP contribution is 2.35. The van der Waals surface area contributed by atoms with Crippen molar-refractivity contribution < 1.29 is 9.47 Å². The van der Waals surface area contributed by atoms with E-state index < -0.39 is 0 Å². The largest absolute Gasteiger partial charge is 0.454 e. The summed E-state index contributed by atoms with van der Waals surface area (Å²) in [5.41, 5.74) is 3.80. The number of hydrogen-bond acceptors (Lipinski definition) is 7. The summed E-state index contributed by atoms with van der Waals surface area (Å²) in [5.74, 6) is 2.69. The van der Waals surface area contributed by atoms with E-state index in [0.29, 0.717) is 12.8 Å². The Labute approximate surface area is 206 Å². The highest BCUT2D eigenvalue weighted by Gasteiger charge is 2.32. The minimum atomic E-state index is 0.0696. The van der Waals surface area contributed by atoms with Crippen LogP contribution in [0.2, 0.25) is 0 Å². The van der Waals surface area contributed by atoms with Gasteiger partial charge >= 0.3 is 0 Å². The number of nitrogens with zero attached hydrogens (tertiary/aromatic N) is 6. The van der Waals surface area contributed by atoms with Crippen molar-refractivity contribution in [3.63, 3.8) is 0 Å². The average Bonchev–Trinajstić information content (AvgIpc) is 3.57. The number of benzene rings is 2. The molecule has 8 nitrogen and oxygen atoms in total. The molecule has 3 aromatic rings. The van der Waals surface area contributed by atoms with Crippen LogP contribution in [0.4, 0.5) is 0 Å². The minimum Gasteiger partial charge on any atom is -0.454 e. The Morgan fingerprint density at radius 1 is 0.914 bits per heavy atom. The van der Waals surface area contributed by atoms with Gasteiger partial charge in [-0.05, 0) is 53.5 Å². The number of rotatable bonds is 6. The smallest absolute Gasteiger partial charge is 0.231 e. The molecule has 8 heteroatoms. The number of aryl methyl sites for hydroxylation is 1. The van der Waals surface area contributed by atoms with Crippen LogP contribution in [0.25, 0.3) is 0 Å². The first-order chi connectivity index (χ1) is 17.2. The van der Waals surface area contributed by atoms with E-state index in [1.807, 2.05) is 6.07 Å². The molecule has 0 unspecified atom stereocenters. The first kappa shape index (κ1) is 22.5. The molecule has 6 rings (SSSR count). The van der Waals surface area contributed by atoms with E-state index in [4.69, 9.17) is 9.47 Å². The fourth-order valence-electron chi connectivity index (χ4n) is 5.72. The van der Waals surface area contributed by atoms with Crippen molar-refractivity contribution in [1.29, 1.82) is 0 Å². The molecule has 3 aliphatic rings. The van der Waals surface area contributed by atoms with Gasteiger partial charge in [0.2, 0.25) is 6.79 Å². The van der Waals surface area contributed by atoms with Crippen LogP contribution >= 0.6 is 0 Å². The number of ether oxygens (including phenoxy) is 2. The van der Waals surface area contributed by atoms with Gasteiger partial charge in [0.1, 0.15) is 0 Å². The van der Waals surface area contributed by atoms with Gasteiger partial charge in [0.05, 0.1) is 12.1 Å². The van der Waals surface area contributed by atoms with E-state index in [1.54, 1.807) is 0 Å². The molecule has 1 saturated heterocycles. The van der Waals surface area contributed by atoms with Crippen molar-refractivity contribution in [2.45, 2.75) is 57.7 Å². The lowest BCUT2D eigenvalue weighted by atomic mass is 9.95. The second-order valence-corrected chi connectivity index (χ2v) is 10.1. The Bertz CT molecular complexity index is 1130. The second kappa shape index (κ2) is 9.95. The fraction of sp³-hybridized carbons (Fsp3) is 0.519. The monoisotopic (exact) mass is 474 g/mol. The Kier molecular flexibility index (Phi) is 6.39. The molecule has 2 aromatic carbocycles. The SMILES string of the molecule is Cc1ccc([C@@H](c2nnnn2C2CCCCC2)N2CCN(Cc3ccc4c(c3)OCO4)CC2)cc1. The Morgan fingerprint density at radius 2 is 1.69 bits per heavy atom. The van der Waals surface area contributed by atoms with Crippen molar-refractivity contribution in [1.82, 2.24) is 30.0 Å². The number of piperazine rings is 1. The summed E-state index contributed by atoms with van der Waals surface area (Å²) in [6.45, 7) is 7.32. The molecule has 1 saturated carbocycles. The number of fused-ring (bicyclic) bond motifs is 1. The molecule has 1 aliphatic carbocycles. The molecule has 3 heterocycles. The zero-order valence-corrected chi connectivity index (χ0v) is 20.5. The number of hydrogen-bond donors (Lipinski definition) is 0. The normalized spacial score (nSPS) is 20.3. The van der Waals surface area contributed by atoms with Gasteiger partial charge in [-0.1, -0.05) is 55.2 Å². The second-order valence-electron chi connectivity index (χ2n) is 10.1. The van der Waals surface area contributed by atoms with Gasteiger partial charge in [-0.2, -0.15) is 0 Å². The van der Waals surface area contributed by atoms with Crippen LogP contribution in [0, 0.1) is 6.92 Å². The van der Waals surface area contributed by atoms with E-state index in [1.165, 1.54) is 48.8 Å². The molecule has 2 aliphatic heterocycles. The standard InChI is InChI=1S/C27H34N6O2/c1-20-7-10-22(11-8-20)26(27-28-29-30-33(27)23-5-3-2-4-6-23)32-15-13-31(14-16-32)18-21-9-12-24-25(17-21)35-19-34-24/h7-12,17,23,26H,2-6,13-16,18-19H2,1H3/t26-/m0/s1. The van der Waals surface area contributed by atoms with Crippen LogP contribution < -0.4 is 9.47 Å². The highest BCUT2D eigenvalue weighted by atomic mass is 16.7. The molecule has 2 fully saturated rings. The van der Waals surface area contributed by atoms with Gasteiger partial charge in [0.15, 0.2) is 17.3 Å². The molecule has 0 radical (unpaired) electrons. The summed E-state index contributed by atoms with van der Waals surface area (Å²) in [4.78, 5) is 5.08. The van der Waals surface area contributed by atoms with E-state index >= 15 is 0 Å². The zero-order valence-electron chi connectivity index (χ0n) is 20.5. The van der Waals surface area contributed by atoms with E-state index in [-0.39, 0.29) is 6.04 Å². The maximum atomic E-state index is 5.57.